The Hall–Kier alpha value is -1.69. The molecule has 0 fully saturated rings. The highest BCUT2D eigenvalue weighted by Crippen LogP contribution is 2.39. The summed E-state index contributed by atoms with van der Waals surface area (Å²) in [5, 5.41) is 19.3. The van der Waals surface area contributed by atoms with Gasteiger partial charge in [-0.1, -0.05) is 54.8 Å². The number of aliphatic carboxylic acids is 2. The summed E-state index contributed by atoms with van der Waals surface area (Å²) in [4.78, 5) is 35.1. The van der Waals surface area contributed by atoms with Crippen LogP contribution in [0.25, 0.3) is 0 Å². The molecule has 2 N–H and O–H groups in total. The highest BCUT2D eigenvalue weighted by atomic mass is 79.9. The maximum atomic E-state index is 11.9. The summed E-state index contributed by atoms with van der Waals surface area (Å²) in [6.45, 7) is 5.02. The summed E-state index contributed by atoms with van der Waals surface area (Å²) in [7, 11) is 0. The fourth-order valence-electron chi connectivity index (χ4n) is 2.93. The monoisotopic (exact) mass is 384 g/mol. The standard InChI is InChI=1S/C17H21BrO5/c1-4-13(5-2)17(15(20)21,16(22)23)9-12-7-6-11(10(3)19)8-14(12)18/h6-8,13H,4-5,9H2,1-3H3,(H,20,21)(H,22,23). The van der Waals surface area contributed by atoms with Crippen molar-refractivity contribution in [2.45, 2.75) is 40.0 Å². The third kappa shape index (κ3) is 3.80. The van der Waals surface area contributed by atoms with E-state index in [9.17, 15) is 24.6 Å². The zero-order valence-electron chi connectivity index (χ0n) is 13.4. The zero-order chi connectivity index (χ0) is 17.8. The molecule has 6 heteroatoms. The molecule has 1 aromatic rings. The molecular weight excluding hydrogens is 364 g/mol. The van der Waals surface area contributed by atoms with Crippen LogP contribution in [0.1, 0.15) is 49.5 Å². The fraction of sp³-hybridized carbons (Fsp3) is 0.471. The van der Waals surface area contributed by atoms with E-state index >= 15 is 0 Å². The molecule has 0 heterocycles. The van der Waals surface area contributed by atoms with Crippen molar-refractivity contribution in [2.24, 2.45) is 11.3 Å². The van der Waals surface area contributed by atoms with Crippen molar-refractivity contribution in [2.75, 3.05) is 0 Å². The first-order valence-corrected chi connectivity index (χ1v) is 8.26. The maximum Gasteiger partial charge on any atom is 0.321 e. The number of carbonyl (C=O) groups excluding carboxylic acids is 1. The van der Waals surface area contributed by atoms with Crippen LogP contribution in [0.5, 0.6) is 0 Å². The molecule has 126 valence electrons. The van der Waals surface area contributed by atoms with Crippen LogP contribution in [0.2, 0.25) is 0 Å². The second kappa shape index (κ2) is 7.73. The molecule has 0 unspecified atom stereocenters. The van der Waals surface area contributed by atoms with Crippen LogP contribution in [0.3, 0.4) is 0 Å². The van der Waals surface area contributed by atoms with Gasteiger partial charge in [0.1, 0.15) is 0 Å². The van der Waals surface area contributed by atoms with Gasteiger partial charge in [0, 0.05) is 16.5 Å². The van der Waals surface area contributed by atoms with E-state index in [1.165, 1.54) is 6.92 Å². The smallest absolute Gasteiger partial charge is 0.321 e. The lowest BCUT2D eigenvalue weighted by Gasteiger charge is -2.32. The topological polar surface area (TPSA) is 91.7 Å². The minimum Gasteiger partial charge on any atom is -0.480 e. The Labute approximate surface area is 143 Å². The summed E-state index contributed by atoms with van der Waals surface area (Å²) < 4.78 is 0.544. The van der Waals surface area contributed by atoms with E-state index in [4.69, 9.17) is 0 Å². The van der Waals surface area contributed by atoms with Crippen molar-refractivity contribution in [1.82, 2.24) is 0 Å². The van der Waals surface area contributed by atoms with Crippen LogP contribution in [0.15, 0.2) is 22.7 Å². The van der Waals surface area contributed by atoms with Gasteiger partial charge < -0.3 is 10.2 Å². The van der Waals surface area contributed by atoms with E-state index in [1.807, 2.05) is 0 Å². The molecule has 0 aliphatic rings. The number of rotatable bonds is 8. The van der Waals surface area contributed by atoms with Gasteiger partial charge in [-0.3, -0.25) is 14.4 Å². The molecule has 0 aromatic heterocycles. The molecule has 0 saturated heterocycles. The number of halogens is 1. The lowest BCUT2D eigenvalue weighted by Crippen LogP contribution is -2.47. The van der Waals surface area contributed by atoms with Crippen molar-refractivity contribution in [1.29, 1.82) is 0 Å². The Bertz CT molecular complexity index is 605. The number of hydrogen-bond donors (Lipinski definition) is 2. The van der Waals surface area contributed by atoms with Gasteiger partial charge in [-0.2, -0.15) is 0 Å². The number of carboxylic acids is 2. The van der Waals surface area contributed by atoms with Crippen LogP contribution in [0, 0.1) is 11.3 Å². The molecule has 1 rings (SSSR count). The average Bonchev–Trinajstić information content (AvgIpc) is 2.47. The lowest BCUT2D eigenvalue weighted by atomic mass is 9.69. The maximum absolute atomic E-state index is 11.9. The highest BCUT2D eigenvalue weighted by molar-refractivity contribution is 9.10. The number of ketones is 1. The highest BCUT2D eigenvalue weighted by Gasteiger charge is 2.51. The van der Waals surface area contributed by atoms with Crippen LogP contribution < -0.4 is 0 Å². The molecular formula is C17H21BrO5. The Morgan fingerprint density at radius 2 is 1.65 bits per heavy atom. The first kappa shape index (κ1) is 19.4. The second-order valence-corrected chi connectivity index (χ2v) is 6.49. The first-order valence-electron chi connectivity index (χ1n) is 7.46. The van der Waals surface area contributed by atoms with Gasteiger partial charge in [0.05, 0.1) is 0 Å². The predicted molar refractivity (Wildman–Crippen MR) is 89.6 cm³/mol. The molecule has 0 radical (unpaired) electrons. The van der Waals surface area contributed by atoms with E-state index in [0.717, 1.165) is 0 Å². The molecule has 0 spiro atoms. The van der Waals surface area contributed by atoms with Crippen molar-refractivity contribution in [3.8, 4) is 0 Å². The van der Waals surface area contributed by atoms with Crippen LogP contribution in [0.4, 0.5) is 0 Å². The summed E-state index contributed by atoms with van der Waals surface area (Å²) in [5.41, 5.74) is -0.838. The van der Waals surface area contributed by atoms with Gasteiger partial charge in [-0.15, -0.1) is 0 Å². The second-order valence-electron chi connectivity index (χ2n) is 5.63. The molecule has 0 bridgehead atoms. The van der Waals surface area contributed by atoms with Crippen molar-refractivity contribution < 1.29 is 24.6 Å². The third-order valence-corrected chi connectivity index (χ3v) is 5.11. The van der Waals surface area contributed by atoms with E-state index in [2.05, 4.69) is 15.9 Å². The Balaban J connectivity index is 3.39. The minimum absolute atomic E-state index is 0.111. The predicted octanol–water partition coefficient (Wildman–Crippen LogP) is 3.79. The fourth-order valence-corrected chi connectivity index (χ4v) is 3.45. The third-order valence-electron chi connectivity index (χ3n) is 4.37. The van der Waals surface area contributed by atoms with E-state index in [-0.39, 0.29) is 12.2 Å². The van der Waals surface area contributed by atoms with E-state index in [0.29, 0.717) is 28.4 Å². The van der Waals surface area contributed by atoms with Gasteiger partial charge in [-0.05, 0) is 24.5 Å². The van der Waals surface area contributed by atoms with Gasteiger partial charge in [-0.25, -0.2) is 0 Å². The number of hydrogen-bond acceptors (Lipinski definition) is 3. The number of carboxylic acid groups (broad SMARTS) is 2. The Morgan fingerprint density at radius 1 is 1.13 bits per heavy atom. The lowest BCUT2D eigenvalue weighted by molar-refractivity contribution is -0.169. The van der Waals surface area contributed by atoms with Gasteiger partial charge in [0.2, 0.25) is 0 Å². The quantitative estimate of drug-likeness (QED) is 0.525. The normalized spacial score (nSPS) is 11.5. The van der Waals surface area contributed by atoms with E-state index in [1.54, 1.807) is 32.0 Å². The molecule has 0 amide bonds. The summed E-state index contributed by atoms with van der Waals surface area (Å²) in [5.74, 6) is -3.26. The van der Waals surface area contributed by atoms with Crippen molar-refractivity contribution in [3.05, 3.63) is 33.8 Å². The van der Waals surface area contributed by atoms with Crippen LogP contribution in [-0.2, 0) is 16.0 Å². The molecule has 0 saturated carbocycles. The number of carbonyl (C=O) groups is 3. The number of Topliss-reactive ketones (excluding diaryl/α,β-unsaturated/α-hetero) is 1. The number of benzene rings is 1. The molecule has 0 atom stereocenters. The molecule has 0 aliphatic heterocycles. The Kier molecular flexibility index (Phi) is 6.50. The van der Waals surface area contributed by atoms with Crippen molar-refractivity contribution >= 4 is 33.7 Å². The summed E-state index contributed by atoms with van der Waals surface area (Å²) >= 11 is 3.32. The molecule has 0 aliphatic carbocycles. The first-order chi connectivity index (χ1) is 10.7. The Morgan fingerprint density at radius 3 is 2.00 bits per heavy atom. The van der Waals surface area contributed by atoms with E-state index < -0.39 is 23.3 Å². The summed E-state index contributed by atoms with van der Waals surface area (Å²) in [6.07, 6.45) is 0.777. The molecule has 1 aromatic carbocycles. The van der Waals surface area contributed by atoms with Gasteiger partial charge >= 0.3 is 11.9 Å². The van der Waals surface area contributed by atoms with Crippen LogP contribution in [-0.4, -0.2) is 27.9 Å². The summed E-state index contributed by atoms with van der Waals surface area (Å²) in [6, 6.07) is 4.80. The largest absolute Gasteiger partial charge is 0.480 e. The van der Waals surface area contributed by atoms with Crippen LogP contribution >= 0.6 is 15.9 Å². The molecule has 23 heavy (non-hydrogen) atoms. The SMILES string of the molecule is CCC(CC)C(Cc1ccc(C(C)=O)cc1Br)(C(=O)O)C(=O)O. The van der Waals surface area contributed by atoms with Gasteiger partial charge in [0.15, 0.2) is 11.2 Å². The zero-order valence-corrected chi connectivity index (χ0v) is 15.0. The molecule has 5 nitrogen and oxygen atoms in total. The van der Waals surface area contributed by atoms with Gasteiger partial charge in [0.25, 0.3) is 0 Å². The average molecular weight is 385 g/mol. The minimum atomic E-state index is -1.89. The van der Waals surface area contributed by atoms with Crippen molar-refractivity contribution in [3.63, 3.8) is 0 Å².